The number of carbonyl (C=O) groups is 2. The third kappa shape index (κ3) is 6.90. The van der Waals surface area contributed by atoms with Crippen molar-refractivity contribution in [2.45, 2.75) is 52.6 Å². The topological polar surface area (TPSA) is 96.7 Å². The highest BCUT2D eigenvalue weighted by molar-refractivity contribution is 5.97. The summed E-state index contributed by atoms with van der Waals surface area (Å²) in [5.74, 6) is 1.39. The molecular weight excluding hydrogens is 578 g/mol. The number of amides is 2. The predicted octanol–water partition coefficient (Wildman–Crippen LogP) is 5.25. The van der Waals surface area contributed by atoms with Crippen LogP contribution < -0.4 is 9.64 Å². The number of aromatic nitrogens is 4. The summed E-state index contributed by atoms with van der Waals surface area (Å²) < 4.78 is 8.46. The van der Waals surface area contributed by atoms with Crippen LogP contribution in [0.15, 0.2) is 79.4 Å². The van der Waals surface area contributed by atoms with Crippen LogP contribution in [0.3, 0.4) is 0 Å². The standard InChI is InChI=1S/C36H43N7O3/c1-3-43-28(2)31(24-39-43)35(45)41-20-15-36(16-21-41)14-9-19-40(33-25-37-17-18-38-33)22-23-42(26-29-10-5-4-6-11-29)34(44)30-12-7-8-13-32(30)46-27-36/h4-8,10-13,17-18,24-25H,3,9,14-16,19-23,26-27H2,1-2H3. The maximum absolute atomic E-state index is 14.2. The fraction of sp³-hybridized carbons (Fsp3) is 0.417. The van der Waals surface area contributed by atoms with Crippen molar-refractivity contribution in [3.63, 3.8) is 0 Å². The number of ether oxygens (including phenoxy) is 1. The third-order valence-corrected chi connectivity index (χ3v) is 9.55. The number of nitrogens with zero attached hydrogens (tertiary/aromatic N) is 7. The largest absolute Gasteiger partial charge is 0.492 e. The lowest BCUT2D eigenvalue weighted by Gasteiger charge is -2.42. The van der Waals surface area contributed by atoms with Crippen molar-refractivity contribution in [3.05, 3.63) is 102 Å². The van der Waals surface area contributed by atoms with E-state index in [9.17, 15) is 9.59 Å². The SMILES string of the molecule is CCn1ncc(C(=O)N2CCC3(CCCN(c4cnccn4)CCN(Cc4ccccc4)C(=O)c4ccccc4OC3)CC2)c1C. The highest BCUT2D eigenvalue weighted by Gasteiger charge is 2.38. The number of hydrogen-bond acceptors (Lipinski definition) is 7. The molecule has 46 heavy (non-hydrogen) atoms. The molecule has 1 spiro atoms. The van der Waals surface area contributed by atoms with Crippen LogP contribution in [0.25, 0.3) is 0 Å². The van der Waals surface area contributed by atoms with Gasteiger partial charge in [0, 0.05) is 69.3 Å². The molecule has 4 aromatic rings. The van der Waals surface area contributed by atoms with Crippen LogP contribution in [0, 0.1) is 12.3 Å². The Balaban J connectivity index is 1.26. The number of anilines is 1. The molecule has 4 heterocycles. The van der Waals surface area contributed by atoms with Gasteiger partial charge in [-0.2, -0.15) is 5.10 Å². The zero-order chi connectivity index (χ0) is 31.9. The van der Waals surface area contributed by atoms with E-state index in [1.54, 1.807) is 24.8 Å². The molecule has 2 aromatic carbocycles. The minimum absolute atomic E-state index is 0.0425. The van der Waals surface area contributed by atoms with E-state index < -0.39 is 0 Å². The van der Waals surface area contributed by atoms with Gasteiger partial charge in [-0.25, -0.2) is 4.98 Å². The molecule has 0 aliphatic carbocycles. The van der Waals surface area contributed by atoms with Crippen LogP contribution in [-0.2, 0) is 13.1 Å². The Morgan fingerprint density at radius 1 is 0.913 bits per heavy atom. The smallest absolute Gasteiger partial charge is 0.257 e. The zero-order valence-corrected chi connectivity index (χ0v) is 26.8. The van der Waals surface area contributed by atoms with Gasteiger partial charge in [0.25, 0.3) is 11.8 Å². The van der Waals surface area contributed by atoms with Crippen molar-refractivity contribution in [2.24, 2.45) is 5.41 Å². The fourth-order valence-electron chi connectivity index (χ4n) is 6.70. The predicted molar refractivity (Wildman–Crippen MR) is 177 cm³/mol. The monoisotopic (exact) mass is 621 g/mol. The van der Waals surface area contributed by atoms with Crippen LogP contribution in [0.2, 0.25) is 0 Å². The van der Waals surface area contributed by atoms with Gasteiger partial charge in [-0.1, -0.05) is 42.5 Å². The summed E-state index contributed by atoms with van der Waals surface area (Å²) in [5.41, 5.74) is 3.08. The highest BCUT2D eigenvalue weighted by atomic mass is 16.5. The van der Waals surface area contributed by atoms with Crippen LogP contribution in [0.4, 0.5) is 5.82 Å². The first kappa shape index (κ1) is 31.3. The summed E-state index contributed by atoms with van der Waals surface area (Å²) in [6.07, 6.45) is 10.4. The van der Waals surface area contributed by atoms with E-state index in [2.05, 4.69) is 32.1 Å². The van der Waals surface area contributed by atoms with Crippen molar-refractivity contribution >= 4 is 17.6 Å². The number of hydrogen-bond donors (Lipinski definition) is 0. The second kappa shape index (κ2) is 14.1. The molecule has 10 nitrogen and oxygen atoms in total. The lowest BCUT2D eigenvalue weighted by Crippen LogP contribution is -2.46. The van der Waals surface area contributed by atoms with Crippen LogP contribution in [0.1, 0.15) is 64.6 Å². The molecule has 1 fully saturated rings. The molecule has 2 amide bonds. The molecule has 6 rings (SSSR count). The lowest BCUT2D eigenvalue weighted by atomic mass is 9.75. The van der Waals surface area contributed by atoms with E-state index in [4.69, 9.17) is 4.74 Å². The maximum atomic E-state index is 14.2. The summed E-state index contributed by atoms with van der Waals surface area (Å²) >= 11 is 0. The molecule has 0 bridgehead atoms. The summed E-state index contributed by atoms with van der Waals surface area (Å²) in [6, 6.07) is 17.7. The molecule has 0 unspecified atom stereocenters. The van der Waals surface area contributed by atoms with Gasteiger partial charge >= 0.3 is 0 Å². The first-order chi connectivity index (χ1) is 22.5. The Bertz CT molecular complexity index is 1620. The second-order valence-electron chi connectivity index (χ2n) is 12.4. The van der Waals surface area contributed by atoms with Gasteiger partial charge in [0.2, 0.25) is 0 Å². The first-order valence-corrected chi connectivity index (χ1v) is 16.3. The average Bonchev–Trinajstić information content (AvgIpc) is 3.48. The van der Waals surface area contributed by atoms with E-state index in [0.717, 1.165) is 55.8 Å². The van der Waals surface area contributed by atoms with Gasteiger partial charge in [-0.15, -0.1) is 0 Å². The lowest BCUT2D eigenvalue weighted by molar-refractivity contribution is 0.0363. The Morgan fingerprint density at radius 3 is 2.43 bits per heavy atom. The molecule has 0 radical (unpaired) electrons. The zero-order valence-electron chi connectivity index (χ0n) is 26.8. The number of piperidine rings is 1. The number of aryl methyl sites for hydroxylation is 1. The highest BCUT2D eigenvalue weighted by Crippen LogP contribution is 2.38. The minimum atomic E-state index is -0.137. The van der Waals surface area contributed by atoms with E-state index in [1.807, 2.05) is 70.8 Å². The molecule has 0 N–H and O–H groups in total. The molecule has 0 atom stereocenters. The Hall–Kier alpha value is -4.73. The number of para-hydroxylation sites is 1. The van der Waals surface area contributed by atoms with Crippen molar-refractivity contribution in [1.29, 1.82) is 0 Å². The molecule has 1 saturated heterocycles. The normalized spacial score (nSPS) is 17.4. The molecule has 2 aliphatic heterocycles. The average molecular weight is 622 g/mol. The molecule has 2 aromatic heterocycles. The molecule has 240 valence electrons. The van der Waals surface area contributed by atoms with Gasteiger partial charge < -0.3 is 19.4 Å². The molecule has 0 saturated carbocycles. The maximum Gasteiger partial charge on any atom is 0.257 e. The third-order valence-electron chi connectivity index (χ3n) is 9.55. The van der Waals surface area contributed by atoms with E-state index in [-0.39, 0.29) is 17.2 Å². The Labute approximate surface area is 271 Å². The van der Waals surface area contributed by atoms with Crippen molar-refractivity contribution in [1.82, 2.24) is 29.5 Å². The second-order valence-corrected chi connectivity index (χ2v) is 12.4. The van der Waals surface area contributed by atoms with Crippen molar-refractivity contribution in [3.8, 4) is 5.75 Å². The van der Waals surface area contributed by atoms with Gasteiger partial charge in [0.1, 0.15) is 11.6 Å². The van der Waals surface area contributed by atoms with E-state index in [1.165, 1.54) is 0 Å². The Morgan fingerprint density at radius 2 is 1.70 bits per heavy atom. The molecule has 10 heteroatoms. The summed E-state index contributed by atoms with van der Waals surface area (Å²) in [7, 11) is 0. The van der Waals surface area contributed by atoms with Gasteiger partial charge in [0.05, 0.1) is 30.1 Å². The summed E-state index contributed by atoms with van der Waals surface area (Å²) in [4.78, 5) is 42.8. The van der Waals surface area contributed by atoms with Crippen LogP contribution in [-0.4, -0.2) is 80.7 Å². The molecule has 2 aliphatic rings. The fourth-order valence-corrected chi connectivity index (χ4v) is 6.70. The van der Waals surface area contributed by atoms with Crippen molar-refractivity contribution < 1.29 is 14.3 Å². The van der Waals surface area contributed by atoms with Gasteiger partial charge in [-0.05, 0) is 57.2 Å². The molecular formula is C36H43N7O3. The summed E-state index contributed by atoms with van der Waals surface area (Å²) in [5, 5.41) is 4.39. The van der Waals surface area contributed by atoms with Crippen LogP contribution in [0.5, 0.6) is 5.75 Å². The van der Waals surface area contributed by atoms with E-state index in [0.29, 0.717) is 56.2 Å². The number of carbonyl (C=O) groups excluding carboxylic acids is 2. The Kier molecular flexibility index (Phi) is 9.61. The number of benzene rings is 2. The summed E-state index contributed by atoms with van der Waals surface area (Å²) in [6.45, 7) is 8.93. The van der Waals surface area contributed by atoms with Gasteiger partial charge in [0.15, 0.2) is 0 Å². The number of likely N-dealkylation sites (tertiary alicyclic amines) is 1. The quantitative estimate of drug-likeness (QED) is 0.301. The number of fused-ring (bicyclic) bond motifs is 1. The van der Waals surface area contributed by atoms with E-state index >= 15 is 0 Å². The number of rotatable bonds is 5. The minimum Gasteiger partial charge on any atom is -0.492 e. The van der Waals surface area contributed by atoms with Gasteiger partial charge in [-0.3, -0.25) is 19.3 Å². The van der Waals surface area contributed by atoms with Crippen molar-refractivity contribution in [2.75, 3.05) is 44.2 Å². The van der Waals surface area contributed by atoms with Crippen LogP contribution >= 0.6 is 0 Å². The first-order valence-electron chi connectivity index (χ1n) is 16.3.